The van der Waals surface area contributed by atoms with E-state index in [9.17, 15) is 0 Å². The second-order valence-electron chi connectivity index (χ2n) is 1.34. The Bertz CT molecular complexity index is 27.4. The second kappa shape index (κ2) is 138. The van der Waals surface area contributed by atoms with E-state index in [-0.39, 0.29) is 0 Å². The quantitative estimate of drug-likeness (QED) is 0.648. The van der Waals surface area contributed by atoms with Crippen LogP contribution < -0.4 is 0 Å². The fourth-order valence-corrected chi connectivity index (χ4v) is 0. The zero-order valence-electron chi connectivity index (χ0n) is 10.00. The summed E-state index contributed by atoms with van der Waals surface area (Å²) in [5, 5.41) is 10.5. The SMILES string of the molecule is C[N-]C.C[N-]C.C[N-]C.[CH2-]C.[NH]=[Ta]. The molecule has 0 unspecified atom stereocenters. The first-order valence-corrected chi connectivity index (χ1v) is 5.22. The Hall–Kier alpha value is 0.420. The zero-order chi connectivity index (χ0) is 12.1. The van der Waals surface area contributed by atoms with Crippen molar-refractivity contribution in [2.75, 3.05) is 42.3 Å². The minimum absolute atomic E-state index is 0.694. The van der Waals surface area contributed by atoms with E-state index >= 15 is 0 Å². The van der Waals surface area contributed by atoms with Crippen LogP contribution in [0.3, 0.4) is 0 Å². The van der Waals surface area contributed by atoms with Crippen molar-refractivity contribution in [1.82, 2.24) is 0 Å². The van der Waals surface area contributed by atoms with Crippen molar-refractivity contribution in [3.63, 3.8) is 0 Å². The molecule has 0 aromatic heterocycles. The van der Waals surface area contributed by atoms with Crippen molar-refractivity contribution < 1.29 is 20.9 Å². The Morgan fingerprint density at radius 1 is 0.692 bits per heavy atom. The molecule has 0 saturated carbocycles. The summed E-state index contributed by atoms with van der Waals surface area (Å²) in [6.07, 6.45) is 0. The van der Waals surface area contributed by atoms with Crippen LogP contribution in [0.15, 0.2) is 0 Å². The van der Waals surface area contributed by atoms with Crippen LogP contribution in [0.1, 0.15) is 6.92 Å². The molecule has 0 spiro atoms. The molecule has 0 rings (SSSR count). The van der Waals surface area contributed by atoms with E-state index in [1.165, 1.54) is 0 Å². The zero-order valence-corrected chi connectivity index (χ0v) is 13.2. The Morgan fingerprint density at radius 3 is 0.692 bits per heavy atom. The van der Waals surface area contributed by atoms with Crippen molar-refractivity contribution in [2.24, 2.45) is 0 Å². The van der Waals surface area contributed by atoms with E-state index in [1.807, 2.05) is 0 Å². The van der Waals surface area contributed by atoms with E-state index in [0.717, 1.165) is 0 Å². The summed E-state index contributed by atoms with van der Waals surface area (Å²) in [6.45, 7) is 5.00. The number of hydrogen-bond donors (Lipinski definition) is 1. The van der Waals surface area contributed by atoms with Gasteiger partial charge in [-0.2, -0.15) is 49.2 Å². The summed E-state index contributed by atoms with van der Waals surface area (Å²) in [5.74, 6) is 0. The van der Waals surface area contributed by atoms with Gasteiger partial charge in [0.1, 0.15) is 0 Å². The third kappa shape index (κ3) is 7640. The van der Waals surface area contributed by atoms with Crippen LogP contribution in [-0.4, -0.2) is 42.3 Å². The molecule has 0 atom stereocenters. The number of hydrogen-bond acceptors (Lipinski definition) is 1. The van der Waals surface area contributed by atoms with E-state index in [2.05, 4.69) is 22.9 Å². The van der Waals surface area contributed by atoms with Crippen molar-refractivity contribution in [1.29, 1.82) is 3.76 Å². The molecule has 5 heteroatoms. The van der Waals surface area contributed by atoms with Crippen LogP contribution in [-0.2, 0) is 20.9 Å². The summed E-state index contributed by atoms with van der Waals surface area (Å²) < 4.78 is 5.86. The molecule has 0 fully saturated rings. The molecule has 0 heterocycles. The molecule has 0 aromatic rings. The first-order chi connectivity index (χ1) is 6.24. The standard InChI is InChI=1S/3C2H6N.C2H5.HN.Ta/c3*1-3-2;1-2;;/h3*1-2H3;1H2,2H3;1H;/q4*-1;;. The molecular formula is C8H24N4Ta-4. The predicted octanol–water partition coefficient (Wildman–Crippen LogP) is 3.00. The molecule has 4 nitrogen and oxygen atoms in total. The van der Waals surface area contributed by atoms with Gasteiger partial charge in [0.15, 0.2) is 0 Å². The van der Waals surface area contributed by atoms with Crippen molar-refractivity contribution in [3.8, 4) is 0 Å². The maximum absolute atomic E-state index is 5.86. The minimum atomic E-state index is 0.694. The third-order valence-corrected chi connectivity index (χ3v) is 0. The van der Waals surface area contributed by atoms with Gasteiger partial charge in [-0.25, -0.2) is 0 Å². The fraction of sp³-hybridized carbons (Fsp3) is 0.875. The molecule has 0 amide bonds. The maximum atomic E-state index is 5.86. The number of rotatable bonds is 0. The van der Waals surface area contributed by atoms with E-state index < -0.39 is 0 Å². The Kier molecular flexibility index (Phi) is 311. The van der Waals surface area contributed by atoms with Crippen molar-refractivity contribution in [3.05, 3.63) is 22.9 Å². The first-order valence-electron chi connectivity index (χ1n) is 3.61. The van der Waals surface area contributed by atoms with E-state index in [4.69, 9.17) is 3.76 Å². The van der Waals surface area contributed by atoms with Crippen molar-refractivity contribution >= 4 is 0 Å². The Morgan fingerprint density at radius 2 is 0.692 bits per heavy atom. The Balaban J connectivity index is -0.0000000208. The van der Waals surface area contributed by atoms with Crippen LogP contribution in [0.25, 0.3) is 16.0 Å². The summed E-state index contributed by atoms with van der Waals surface area (Å²) in [6, 6.07) is 0. The van der Waals surface area contributed by atoms with Gasteiger partial charge >= 0.3 is 24.6 Å². The van der Waals surface area contributed by atoms with Gasteiger partial charge in [0.2, 0.25) is 0 Å². The summed E-state index contributed by atoms with van der Waals surface area (Å²) in [4.78, 5) is 0. The molecule has 1 N–H and O–H groups in total. The molecular weight excluding hydrogens is 333 g/mol. The van der Waals surface area contributed by atoms with Crippen molar-refractivity contribution in [2.45, 2.75) is 6.92 Å². The van der Waals surface area contributed by atoms with Gasteiger partial charge in [-0.15, -0.1) is 0 Å². The molecule has 85 valence electrons. The molecule has 0 aliphatic rings. The number of nitrogens with zero attached hydrogens (tertiary/aromatic N) is 3. The van der Waals surface area contributed by atoms with Gasteiger partial charge < -0.3 is 22.9 Å². The van der Waals surface area contributed by atoms with Gasteiger partial charge in [0, 0.05) is 0 Å². The topological polar surface area (TPSA) is 66.2 Å². The summed E-state index contributed by atoms with van der Waals surface area (Å²) in [5.41, 5.74) is 0. The molecule has 0 radical (unpaired) electrons. The summed E-state index contributed by atoms with van der Waals surface area (Å²) >= 11 is 0.694. The van der Waals surface area contributed by atoms with Crippen LogP contribution in [0, 0.1) is 10.7 Å². The van der Waals surface area contributed by atoms with Gasteiger partial charge in [-0.3, -0.25) is 0 Å². The van der Waals surface area contributed by atoms with Gasteiger partial charge in [-0.1, -0.05) is 0 Å². The number of nitrogens with one attached hydrogen (secondary N) is 1. The first kappa shape index (κ1) is 29.2. The Labute approximate surface area is 96.8 Å². The van der Waals surface area contributed by atoms with Crippen LogP contribution >= 0.6 is 0 Å². The van der Waals surface area contributed by atoms with Crippen LogP contribution in [0.5, 0.6) is 0 Å². The normalized spacial score (nSPS) is 4.85. The van der Waals surface area contributed by atoms with E-state index in [1.54, 1.807) is 49.2 Å². The molecule has 0 aliphatic carbocycles. The average Bonchev–Trinajstić information content (AvgIpc) is 2.14. The molecule has 0 bridgehead atoms. The molecule has 0 aromatic carbocycles. The average molecular weight is 357 g/mol. The predicted molar refractivity (Wildman–Crippen MR) is 59.4 cm³/mol. The van der Waals surface area contributed by atoms with Crippen LogP contribution in [0.2, 0.25) is 0 Å². The van der Waals surface area contributed by atoms with Crippen LogP contribution in [0.4, 0.5) is 0 Å². The van der Waals surface area contributed by atoms with Gasteiger partial charge in [0.05, 0.1) is 0 Å². The summed E-state index contributed by atoms with van der Waals surface area (Å²) in [7, 11) is 10.5. The van der Waals surface area contributed by atoms with Gasteiger partial charge in [-0.05, 0) is 0 Å². The van der Waals surface area contributed by atoms with Gasteiger partial charge in [0.25, 0.3) is 0 Å². The third-order valence-electron chi connectivity index (χ3n) is 0. The molecule has 13 heavy (non-hydrogen) atoms. The van der Waals surface area contributed by atoms with E-state index in [0.29, 0.717) is 20.9 Å². The molecule has 0 saturated heterocycles. The monoisotopic (exact) mass is 357 g/mol. The second-order valence-corrected chi connectivity index (χ2v) is 1.34. The fourth-order valence-electron chi connectivity index (χ4n) is 0. The molecule has 0 aliphatic heterocycles.